The van der Waals surface area contributed by atoms with Gasteiger partial charge in [0.1, 0.15) is 11.2 Å². The Balaban J connectivity index is 1.32. The zero-order valence-electron chi connectivity index (χ0n) is 17.4. The van der Waals surface area contributed by atoms with Crippen molar-refractivity contribution < 1.29 is 0 Å². The van der Waals surface area contributed by atoms with E-state index in [0.717, 1.165) is 44.8 Å². The molecule has 2 aromatic carbocycles. The van der Waals surface area contributed by atoms with Crippen molar-refractivity contribution >= 4 is 11.0 Å². The number of hydrogen-bond donors (Lipinski definition) is 1. The SMILES string of the molecule is O=c1[nH]c(CN2CCCN(Cc3ccccc3)CC2)nc2c1cnn2-c1ccccc1. The molecule has 1 aliphatic heterocycles. The number of rotatable bonds is 5. The van der Waals surface area contributed by atoms with Crippen LogP contribution in [0.1, 0.15) is 17.8 Å². The van der Waals surface area contributed by atoms with Crippen molar-refractivity contribution in [2.45, 2.75) is 19.5 Å². The fraction of sp³-hybridized carbons (Fsp3) is 0.292. The lowest BCUT2D eigenvalue weighted by atomic mass is 10.2. The van der Waals surface area contributed by atoms with Crippen molar-refractivity contribution in [2.24, 2.45) is 0 Å². The van der Waals surface area contributed by atoms with Gasteiger partial charge in [-0.2, -0.15) is 5.10 Å². The number of hydrogen-bond acceptors (Lipinski definition) is 5. The Morgan fingerprint density at radius 3 is 2.26 bits per heavy atom. The predicted octanol–water partition coefficient (Wildman–Crippen LogP) is 2.82. The molecule has 2 aromatic heterocycles. The summed E-state index contributed by atoms with van der Waals surface area (Å²) >= 11 is 0. The third-order valence-corrected chi connectivity index (χ3v) is 5.79. The molecule has 1 saturated heterocycles. The molecule has 1 fully saturated rings. The van der Waals surface area contributed by atoms with Gasteiger partial charge in [-0.25, -0.2) is 9.67 Å². The van der Waals surface area contributed by atoms with Gasteiger partial charge in [-0.05, 0) is 37.2 Å². The molecule has 0 aliphatic carbocycles. The Kier molecular flexibility index (Phi) is 5.60. The average molecular weight is 415 g/mol. The van der Waals surface area contributed by atoms with E-state index in [2.05, 4.69) is 50.2 Å². The summed E-state index contributed by atoms with van der Waals surface area (Å²) in [5.41, 5.74) is 2.71. The van der Waals surface area contributed by atoms with Gasteiger partial charge in [0.25, 0.3) is 5.56 Å². The second kappa shape index (κ2) is 8.83. The molecule has 0 amide bonds. The molecule has 1 aliphatic rings. The van der Waals surface area contributed by atoms with Crippen LogP contribution in [0, 0.1) is 0 Å². The Labute approximate surface area is 181 Å². The number of nitrogens with zero attached hydrogens (tertiary/aromatic N) is 5. The van der Waals surface area contributed by atoms with Gasteiger partial charge in [-0.1, -0.05) is 48.5 Å². The molecule has 7 nitrogen and oxygen atoms in total. The minimum Gasteiger partial charge on any atom is -0.309 e. The van der Waals surface area contributed by atoms with Crippen molar-refractivity contribution in [3.05, 3.63) is 88.6 Å². The molecule has 5 rings (SSSR count). The van der Waals surface area contributed by atoms with Gasteiger partial charge < -0.3 is 4.98 Å². The number of H-pyrrole nitrogens is 1. The zero-order valence-corrected chi connectivity index (χ0v) is 17.4. The molecule has 0 unspecified atom stereocenters. The molecule has 31 heavy (non-hydrogen) atoms. The summed E-state index contributed by atoms with van der Waals surface area (Å²) in [6.07, 6.45) is 2.69. The van der Waals surface area contributed by atoms with Crippen molar-refractivity contribution in [2.75, 3.05) is 26.2 Å². The summed E-state index contributed by atoms with van der Waals surface area (Å²) in [5, 5.41) is 4.90. The molecule has 158 valence electrons. The minimum atomic E-state index is -0.136. The molecule has 0 spiro atoms. The minimum absolute atomic E-state index is 0.136. The fourth-order valence-corrected chi connectivity index (χ4v) is 4.19. The Morgan fingerprint density at radius 2 is 1.52 bits per heavy atom. The van der Waals surface area contributed by atoms with Crippen LogP contribution in [0.15, 0.2) is 71.7 Å². The van der Waals surface area contributed by atoms with Gasteiger partial charge in [-0.3, -0.25) is 14.6 Å². The Hall–Kier alpha value is -3.29. The molecule has 0 bridgehead atoms. The highest BCUT2D eigenvalue weighted by atomic mass is 16.1. The summed E-state index contributed by atoms with van der Waals surface area (Å²) < 4.78 is 1.73. The van der Waals surface area contributed by atoms with Crippen LogP contribution in [0.4, 0.5) is 0 Å². The third-order valence-electron chi connectivity index (χ3n) is 5.79. The number of para-hydroxylation sites is 1. The molecular formula is C24H26N6O. The van der Waals surface area contributed by atoms with Crippen molar-refractivity contribution in [3.8, 4) is 5.69 Å². The van der Waals surface area contributed by atoms with Crippen LogP contribution in [0.5, 0.6) is 0 Å². The van der Waals surface area contributed by atoms with Gasteiger partial charge in [0.05, 0.1) is 18.4 Å². The first kappa shape index (κ1) is 19.7. The van der Waals surface area contributed by atoms with E-state index in [4.69, 9.17) is 4.98 Å². The quantitative estimate of drug-likeness (QED) is 0.544. The largest absolute Gasteiger partial charge is 0.309 e. The van der Waals surface area contributed by atoms with Crippen LogP contribution in [0.3, 0.4) is 0 Å². The Morgan fingerprint density at radius 1 is 0.839 bits per heavy atom. The van der Waals surface area contributed by atoms with Crippen LogP contribution >= 0.6 is 0 Å². The van der Waals surface area contributed by atoms with Crippen LogP contribution < -0.4 is 5.56 Å². The molecule has 7 heteroatoms. The average Bonchev–Trinajstić information content (AvgIpc) is 3.11. The first-order chi connectivity index (χ1) is 15.3. The van der Waals surface area contributed by atoms with Gasteiger partial charge in [0.2, 0.25) is 0 Å². The topological polar surface area (TPSA) is 70.1 Å². The summed E-state index contributed by atoms with van der Waals surface area (Å²) in [4.78, 5) is 25.2. The van der Waals surface area contributed by atoms with E-state index >= 15 is 0 Å². The lowest BCUT2D eigenvalue weighted by molar-refractivity contribution is 0.243. The highest BCUT2D eigenvalue weighted by molar-refractivity contribution is 5.75. The monoisotopic (exact) mass is 414 g/mol. The van der Waals surface area contributed by atoms with Gasteiger partial charge in [-0.15, -0.1) is 0 Å². The van der Waals surface area contributed by atoms with Crippen LogP contribution in [0.25, 0.3) is 16.7 Å². The molecule has 1 N–H and O–H groups in total. The van der Waals surface area contributed by atoms with E-state index < -0.39 is 0 Å². The van der Waals surface area contributed by atoms with Crippen LogP contribution in [0.2, 0.25) is 0 Å². The summed E-state index contributed by atoms with van der Waals surface area (Å²) in [7, 11) is 0. The zero-order chi connectivity index (χ0) is 21.0. The molecule has 0 atom stereocenters. The maximum atomic E-state index is 12.6. The van der Waals surface area contributed by atoms with Crippen molar-refractivity contribution in [1.29, 1.82) is 0 Å². The molecule has 0 saturated carbocycles. The molecular weight excluding hydrogens is 388 g/mol. The number of nitrogens with one attached hydrogen (secondary N) is 1. The van der Waals surface area contributed by atoms with Crippen LogP contribution in [-0.2, 0) is 13.1 Å². The van der Waals surface area contributed by atoms with Gasteiger partial charge >= 0.3 is 0 Å². The predicted molar refractivity (Wildman–Crippen MR) is 121 cm³/mol. The van der Waals surface area contributed by atoms with Gasteiger partial charge in [0, 0.05) is 19.6 Å². The van der Waals surface area contributed by atoms with Crippen molar-refractivity contribution in [1.82, 2.24) is 29.5 Å². The second-order valence-electron chi connectivity index (χ2n) is 8.03. The molecule has 4 aromatic rings. The standard InChI is InChI=1S/C24H26N6O/c31-24-21-16-25-30(20-10-5-2-6-11-20)23(21)26-22(27-24)18-29-13-7-12-28(14-15-29)17-19-8-3-1-4-9-19/h1-6,8-11,16H,7,12-15,17-18H2,(H,26,27,31). The fourth-order valence-electron chi connectivity index (χ4n) is 4.19. The normalized spacial score (nSPS) is 15.9. The summed E-state index contributed by atoms with van der Waals surface area (Å²) in [6.45, 7) is 5.63. The van der Waals surface area contributed by atoms with E-state index in [1.807, 2.05) is 30.3 Å². The van der Waals surface area contributed by atoms with Crippen LogP contribution in [-0.4, -0.2) is 55.7 Å². The van der Waals surface area contributed by atoms with E-state index in [1.165, 1.54) is 5.56 Å². The summed E-state index contributed by atoms with van der Waals surface area (Å²) in [5.74, 6) is 0.687. The third kappa shape index (κ3) is 4.42. The smallest absolute Gasteiger partial charge is 0.262 e. The van der Waals surface area contributed by atoms with E-state index in [0.29, 0.717) is 23.4 Å². The van der Waals surface area contributed by atoms with E-state index in [1.54, 1.807) is 10.9 Å². The lowest BCUT2D eigenvalue weighted by Crippen LogP contribution is -2.31. The van der Waals surface area contributed by atoms with E-state index in [9.17, 15) is 4.79 Å². The second-order valence-corrected chi connectivity index (χ2v) is 8.03. The highest BCUT2D eigenvalue weighted by Crippen LogP contribution is 2.15. The first-order valence-electron chi connectivity index (χ1n) is 10.8. The van der Waals surface area contributed by atoms with E-state index in [-0.39, 0.29) is 5.56 Å². The Bertz CT molecular complexity index is 1200. The van der Waals surface area contributed by atoms with Crippen molar-refractivity contribution in [3.63, 3.8) is 0 Å². The molecule has 0 radical (unpaired) electrons. The number of benzene rings is 2. The maximum Gasteiger partial charge on any atom is 0.262 e. The number of aromatic nitrogens is 4. The molecule has 3 heterocycles. The lowest BCUT2D eigenvalue weighted by Gasteiger charge is -2.21. The van der Waals surface area contributed by atoms with Gasteiger partial charge in [0.15, 0.2) is 5.65 Å². The summed E-state index contributed by atoms with van der Waals surface area (Å²) in [6, 6.07) is 20.4. The number of fused-ring (bicyclic) bond motifs is 1. The first-order valence-corrected chi connectivity index (χ1v) is 10.8. The number of aromatic amines is 1. The highest BCUT2D eigenvalue weighted by Gasteiger charge is 2.17. The maximum absolute atomic E-state index is 12.6.